The minimum absolute atomic E-state index is 0.270. The van der Waals surface area contributed by atoms with Crippen LogP contribution >= 0.6 is 15.9 Å². The molecule has 0 fully saturated rings. The summed E-state index contributed by atoms with van der Waals surface area (Å²) in [5, 5.41) is 0. The van der Waals surface area contributed by atoms with Gasteiger partial charge < -0.3 is 23.7 Å². The molecule has 144 valence electrons. The zero-order valence-corrected chi connectivity index (χ0v) is 16.7. The van der Waals surface area contributed by atoms with Gasteiger partial charge in [-0.15, -0.1) is 0 Å². The van der Waals surface area contributed by atoms with Crippen LogP contribution in [-0.2, 0) is 9.53 Å². The van der Waals surface area contributed by atoms with E-state index in [0.29, 0.717) is 23.0 Å². The Balaban J connectivity index is 1.94. The highest BCUT2D eigenvalue weighted by Gasteiger charge is 2.18. The van der Waals surface area contributed by atoms with E-state index in [1.807, 2.05) is 0 Å². The zero-order chi connectivity index (χ0) is 19.8. The van der Waals surface area contributed by atoms with Crippen molar-refractivity contribution in [2.45, 2.75) is 0 Å². The Hall–Kier alpha value is -2.74. The van der Waals surface area contributed by atoms with Crippen LogP contribution in [0.4, 0.5) is 0 Å². The minimum Gasteiger partial charge on any atom is -0.493 e. The summed E-state index contributed by atoms with van der Waals surface area (Å²) in [5.74, 6) is 0.502. The predicted octanol–water partition coefficient (Wildman–Crippen LogP) is 3.28. The molecule has 0 heterocycles. The molecule has 0 aliphatic heterocycles. The second kappa shape index (κ2) is 9.82. The van der Waals surface area contributed by atoms with E-state index in [4.69, 9.17) is 23.7 Å². The number of rotatable bonds is 9. The molecule has 2 aromatic carbocycles. The maximum Gasteiger partial charge on any atom is 0.344 e. The first-order valence-electron chi connectivity index (χ1n) is 7.85. The smallest absolute Gasteiger partial charge is 0.344 e. The van der Waals surface area contributed by atoms with Crippen molar-refractivity contribution < 1.29 is 33.3 Å². The van der Waals surface area contributed by atoms with E-state index in [1.165, 1.54) is 33.5 Å². The number of carbonyl (C=O) groups is 2. The molecule has 0 saturated heterocycles. The molecule has 0 radical (unpaired) electrons. The highest BCUT2D eigenvalue weighted by Crippen LogP contribution is 2.38. The number of Topliss-reactive ketones (excluding diaryl/α,β-unsaturated/α-hetero) is 1. The van der Waals surface area contributed by atoms with Crippen molar-refractivity contribution in [2.24, 2.45) is 0 Å². The fourth-order valence-electron chi connectivity index (χ4n) is 2.19. The van der Waals surface area contributed by atoms with Gasteiger partial charge in [-0.1, -0.05) is 15.9 Å². The first kappa shape index (κ1) is 20.6. The molecule has 0 saturated carbocycles. The minimum atomic E-state index is -0.654. The number of hydrogen-bond donors (Lipinski definition) is 0. The fraction of sp³-hybridized carbons (Fsp3) is 0.263. The van der Waals surface area contributed by atoms with Crippen molar-refractivity contribution in [2.75, 3.05) is 34.5 Å². The molecular weight excluding hydrogens is 420 g/mol. The normalized spacial score (nSPS) is 10.1. The van der Waals surface area contributed by atoms with Crippen molar-refractivity contribution in [3.63, 3.8) is 0 Å². The summed E-state index contributed by atoms with van der Waals surface area (Å²) in [4.78, 5) is 24.1. The first-order valence-corrected chi connectivity index (χ1v) is 8.65. The van der Waals surface area contributed by atoms with Crippen molar-refractivity contribution in [3.8, 4) is 23.0 Å². The van der Waals surface area contributed by atoms with E-state index in [-0.39, 0.29) is 12.2 Å². The summed E-state index contributed by atoms with van der Waals surface area (Å²) in [5.41, 5.74) is 0.270. The van der Waals surface area contributed by atoms with Crippen molar-refractivity contribution in [3.05, 3.63) is 46.4 Å². The lowest BCUT2D eigenvalue weighted by molar-refractivity contribution is -0.144. The molecule has 0 atom stereocenters. The van der Waals surface area contributed by atoms with E-state index in [9.17, 15) is 9.59 Å². The Morgan fingerprint density at radius 2 is 1.48 bits per heavy atom. The topological polar surface area (TPSA) is 80.3 Å². The molecule has 7 nitrogen and oxygen atoms in total. The van der Waals surface area contributed by atoms with Gasteiger partial charge in [0.15, 0.2) is 24.7 Å². The average molecular weight is 439 g/mol. The molecule has 0 spiro atoms. The molecule has 27 heavy (non-hydrogen) atoms. The zero-order valence-electron chi connectivity index (χ0n) is 15.1. The molecule has 8 heteroatoms. The number of halogens is 1. The second-order valence-electron chi connectivity index (χ2n) is 5.24. The van der Waals surface area contributed by atoms with Gasteiger partial charge in [-0.2, -0.15) is 0 Å². The van der Waals surface area contributed by atoms with Gasteiger partial charge in [0.05, 0.1) is 21.3 Å². The van der Waals surface area contributed by atoms with Crippen LogP contribution in [-0.4, -0.2) is 46.3 Å². The van der Waals surface area contributed by atoms with E-state index in [0.717, 1.165) is 4.47 Å². The monoisotopic (exact) mass is 438 g/mol. The largest absolute Gasteiger partial charge is 0.493 e. The molecule has 0 bridgehead atoms. The van der Waals surface area contributed by atoms with Crippen LogP contribution in [0.5, 0.6) is 23.0 Å². The summed E-state index contributed by atoms with van der Waals surface area (Å²) in [6.45, 7) is -0.731. The van der Waals surface area contributed by atoms with Crippen LogP contribution in [0, 0.1) is 0 Å². The van der Waals surface area contributed by atoms with Gasteiger partial charge in [0.25, 0.3) is 0 Å². The molecule has 0 amide bonds. The molecular formula is C19H19BrO7. The van der Waals surface area contributed by atoms with E-state index in [2.05, 4.69) is 15.9 Å². The SMILES string of the molecule is COc1cc(C(=O)COC(=O)COc2ccc(Br)cc2)cc(OC)c1OC. The lowest BCUT2D eigenvalue weighted by Gasteiger charge is -2.13. The van der Waals surface area contributed by atoms with E-state index < -0.39 is 18.4 Å². The Morgan fingerprint density at radius 3 is 2.00 bits per heavy atom. The van der Waals surface area contributed by atoms with Crippen LogP contribution in [0.2, 0.25) is 0 Å². The van der Waals surface area contributed by atoms with E-state index >= 15 is 0 Å². The maximum atomic E-state index is 12.3. The van der Waals surface area contributed by atoms with Crippen molar-refractivity contribution in [1.82, 2.24) is 0 Å². The number of benzene rings is 2. The predicted molar refractivity (Wildman–Crippen MR) is 101 cm³/mol. The third-order valence-electron chi connectivity index (χ3n) is 3.52. The summed E-state index contributed by atoms with van der Waals surface area (Å²) in [7, 11) is 4.37. The quantitative estimate of drug-likeness (QED) is 0.438. The molecule has 0 unspecified atom stereocenters. The van der Waals surface area contributed by atoms with Gasteiger partial charge in [-0.25, -0.2) is 4.79 Å². The number of ether oxygens (including phenoxy) is 5. The van der Waals surface area contributed by atoms with Crippen LogP contribution in [0.1, 0.15) is 10.4 Å². The average Bonchev–Trinajstić information content (AvgIpc) is 2.70. The fourth-order valence-corrected chi connectivity index (χ4v) is 2.45. The van der Waals surface area contributed by atoms with Crippen LogP contribution in [0.3, 0.4) is 0 Å². The Morgan fingerprint density at radius 1 is 0.889 bits per heavy atom. The Labute approximate surface area is 165 Å². The van der Waals surface area contributed by atoms with Gasteiger partial charge in [-0.3, -0.25) is 4.79 Å². The molecule has 0 aromatic heterocycles. The summed E-state index contributed by atoms with van der Waals surface area (Å²) in [6, 6.07) is 9.98. The van der Waals surface area contributed by atoms with Gasteiger partial charge >= 0.3 is 5.97 Å². The van der Waals surface area contributed by atoms with Gasteiger partial charge in [0.2, 0.25) is 11.5 Å². The summed E-state index contributed by atoms with van der Waals surface area (Å²) in [6.07, 6.45) is 0. The number of ketones is 1. The number of hydrogen-bond acceptors (Lipinski definition) is 7. The van der Waals surface area contributed by atoms with E-state index in [1.54, 1.807) is 24.3 Å². The molecule has 0 N–H and O–H groups in total. The highest BCUT2D eigenvalue weighted by molar-refractivity contribution is 9.10. The molecule has 0 aliphatic carbocycles. The van der Waals surface area contributed by atoms with Crippen molar-refractivity contribution >= 4 is 27.7 Å². The Kier molecular flexibility index (Phi) is 7.48. The summed E-state index contributed by atoms with van der Waals surface area (Å²) >= 11 is 3.31. The lowest BCUT2D eigenvalue weighted by Crippen LogP contribution is -2.19. The second-order valence-corrected chi connectivity index (χ2v) is 6.16. The van der Waals surface area contributed by atoms with Crippen LogP contribution < -0.4 is 18.9 Å². The number of methoxy groups -OCH3 is 3. The van der Waals surface area contributed by atoms with Crippen LogP contribution in [0.15, 0.2) is 40.9 Å². The van der Waals surface area contributed by atoms with Gasteiger partial charge in [0.1, 0.15) is 5.75 Å². The molecule has 0 aliphatic rings. The van der Waals surface area contributed by atoms with Crippen LogP contribution in [0.25, 0.3) is 0 Å². The highest BCUT2D eigenvalue weighted by atomic mass is 79.9. The molecule has 2 aromatic rings. The van der Waals surface area contributed by atoms with Gasteiger partial charge in [-0.05, 0) is 36.4 Å². The molecule has 2 rings (SSSR count). The lowest BCUT2D eigenvalue weighted by atomic mass is 10.1. The van der Waals surface area contributed by atoms with Crippen molar-refractivity contribution in [1.29, 1.82) is 0 Å². The number of carbonyl (C=O) groups excluding carboxylic acids is 2. The maximum absolute atomic E-state index is 12.3. The van der Waals surface area contributed by atoms with Gasteiger partial charge in [0, 0.05) is 10.0 Å². The summed E-state index contributed by atoms with van der Waals surface area (Å²) < 4.78 is 26.8. The standard InChI is InChI=1S/C19H19BrO7/c1-23-16-8-12(9-17(24-2)19(16)25-3)15(21)10-27-18(22)11-26-14-6-4-13(20)5-7-14/h4-9H,10-11H2,1-3H3. The number of esters is 1. The third kappa shape index (κ3) is 5.62. The Bertz CT molecular complexity index is 777. The first-order chi connectivity index (χ1) is 13.0. The third-order valence-corrected chi connectivity index (χ3v) is 4.05.